The third-order valence-corrected chi connectivity index (χ3v) is 5.96. The van der Waals surface area contributed by atoms with E-state index in [4.69, 9.17) is 0 Å². The SMILES string of the molecule is O=C(NCC(F)(F)F)C1CCCN1C(=O)c1ccc2c(c1)C(=O)N(CCc1ccccc1)C2=O. The predicted octanol–water partition coefficient (Wildman–Crippen LogP) is 2.81. The summed E-state index contributed by atoms with van der Waals surface area (Å²) in [5, 5.41) is 1.83. The Morgan fingerprint density at radius 2 is 1.71 bits per heavy atom. The summed E-state index contributed by atoms with van der Waals surface area (Å²) in [6.07, 6.45) is -3.36. The summed E-state index contributed by atoms with van der Waals surface area (Å²) in [4.78, 5) is 53.3. The molecule has 1 unspecified atom stereocenters. The Bertz CT molecular complexity index is 1130. The van der Waals surface area contributed by atoms with Gasteiger partial charge in [-0.25, -0.2) is 0 Å². The van der Waals surface area contributed by atoms with Gasteiger partial charge in [-0.3, -0.25) is 24.1 Å². The molecule has 4 amide bonds. The van der Waals surface area contributed by atoms with Crippen molar-refractivity contribution in [1.82, 2.24) is 15.1 Å². The van der Waals surface area contributed by atoms with E-state index in [1.54, 1.807) is 0 Å². The van der Waals surface area contributed by atoms with Crippen LogP contribution in [0.2, 0.25) is 0 Å². The number of nitrogens with zero attached hydrogens (tertiary/aromatic N) is 2. The maximum Gasteiger partial charge on any atom is 0.405 e. The van der Waals surface area contributed by atoms with E-state index in [0.29, 0.717) is 12.8 Å². The van der Waals surface area contributed by atoms with Crippen molar-refractivity contribution in [3.05, 3.63) is 70.8 Å². The number of amides is 4. The molecule has 2 heterocycles. The van der Waals surface area contributed by atoms with Gasteiger partial charge < -0.3 is 10.2 Å². The van der Waals surface area contributed by atoms with E-state index < -0.39 is 42.4 Å². The highest BCUT2D eigenvalue weighted by Gasteiger charge is 2.39. The first-order valence-electron chi connectivity index (χ1n) is 10.9. The zero-order chi connectivity index (χ0) is 24.5. The predicted molar refractivity (Wildman–Crippen MR) is 115 cm³/mol. The molecular formula is C24H22F3N3O4. The quantitative estimate of drug-likeness (QED) is 0.654. The molecule has 1 N–H and O–H groups in total. The Balaban J connectivity index is 1.47. The molecule has 2 aromatic carbocycles. The summed E-state index contributed by atoms with van der Waals surface area (Å²) in [6, 6.07) is 12.5. The lowest BCUT2D eigenvalue weighted by Crippen LogP contribution is -2.48. The maximum atomic E-state index is 13.1. The van der Waals surface area contributed by atoms with Crippen molar-refractivity contribution in [1.29, 1.82) is 0 Å². The van der Waals surface area contributed by atoms with Crippen molar-refractivity contribution in [2.45, 2.75) is 31.5 Å². The lowest BCUT2D eigenvalue weighted by molar-refractivity contribution is -0.140. The number of carbonyl (C=O) groups excluding carboxylic acids is 4. The Kier molecular flexibility index (Phi) is 6.41. The van der Waals surface area contributed by atoms with Gasteiger partial charge in [-0.1, -0.05) is 30.3 Å². The first-order valence-corrected chi connectivity index (χ1v) is 10.9. The molecule has 0 saturated carbocycles. The van der Waals surface area contributed by atoms with Gasteiger partial charge in [-0.2, -0.15) is 13.2 Å². The van der Waals surface area contributed by atoms with E-state index in [9.17, 15) is 32.3 Å². The first kappa shape index (κ1) is 23.5. The summed E-state index contributed by atoms with van der Waals surface area (Å²) in [7, 11) is 0. The van der Waals surface area contributed by atoms with E-state index in [1.807, 2.05) is 35.6 Å². The van der Waals surface area contributed by atoms with Gasteiger partial charge in [0.05, 0.1) is 11.1 Å². The van der Waals surface area contributed by atoms with Crippen LogP contribution < -0.4 is 5.32 Å². The normalized spacial score (nSPS) is 17.8. The lowest BCUT2D eigenvalue weighted by Gasteiger charge is -2.24. The molecule has 2 aromatic rings. The van der Waals surface area contributed by atoms with Gasteiger partial charge in [0.2, 0.25) is 5.91 Å². The highest BCUT2D eigenvalue weighted by atomic mass is 19.4. The molecule has 0 aliphatic carbocycles. The van der Waals surface area contributed by atoms with Crippen molar-refractivity contribution in [3.8, 4) is 0 Å². The lowest BCUT2D eigenvalue weighted by atomic mass is 10.0. The van der Waals surface area contributed by atoms with E-state index in [-0.39, 0.29) is 36.2 Å². The fraction of sp³-hybridized carbons (Fsp3) is 0.333. The van der Waals surface area contributed by atoms with Gasteiger partial charge in [0.25, 0.3) is 17.7 Å². The molecule has 1 atom stereocenters. The number of likely N-dealkylation sites (tertiary alicyclic amines) is 1. The minimum atomic E-state index is -4.55. The molecule has 0 radical (unpaired) electrons. The number of fused-ring (bicyclic) bond motifs is 1. The van der Waals surface area contributed by atoms with Crippen molar-refractivity contribution in [2.75, 3.05) is 19.6 Å². The minimum Gasteiger partial charge on any atom is -0.345 e. The summed E-state index contributed by atoms with van der Waals surface area (Å²) >= 11 is 0. The van der Waals surface area contributed by atoms with E-state index in [2.05, 4.69) is 0 Å². The topological polar surface area (TPSA) is 86.8 Å². The molecule has 0 bridgehead atoms. The van der Waals surface area contributed by atoms with Gasteiger partial charge in [-0.15, -0.1) is 0 Å². The summed E-state index contributed by atoms with van der Waals surface area (Å²) in [6.45, 7) is -1.08. The molecule has 1 saturated heterocycles. The van der Waals surface area contributed by atoms with Gasteiger partial charge in [-0.05, 0) is 43.0 Å². The van der Waals surface area contributed by atoms with Crippen LogP contribution in [0.1, 0.15) is 49.5 Å². The number of nitrogens with one attached hydrogen (secondary N) is 1. The van der Waals surface area contributed by atoms with Crippen LogP contribution in [-0.4, -0.2) is 65.3 Å². The Morgan fingerprint density at radius 1 is 1.00 bits per heavy atom. The zero-order valence-corrected chi connectivity index (χ0v) is 18.1. The van der Waals surface area contributed by atoms with Crippen molar-refractivity contribution in [2.24, 2.45) is 0 Å². The Morgan fingerprint density at radius 3 is 2.41 bits per heavy atom. The monoisotopic (exact) mass is 473 g/mol. The van der Waals surface area contributed by atoms with Crippen LogP contribution in [0.25, 0.3) is 0 Å². The van der Waals surface area contributed by atoms with Crippen molar-refractivity contribution in [3.63, 3.8) is 0 Å². The summed E-state index contributed by atoms with van der Waals surface area (Å²) < 4.78 is 37.3. The second-order valence-electron chi connectivity index (χ2n) is 8.25. The fourth-order valence-electron chi connectivity index (χ4n) is 4.27. The Labute approximate surface area is 193 Å². The van der Waals surface area contributed by atoms with Crippen LogP contribution in [-0.2, 0) is 11.2 Å². The number of imide groups is 1. The van der Waals surface area contributed by atoms with Gasteiger partial charge in [0.1, 0.15) is 12.6 Å². The molecule has 2 aliphatic heterocycles. The number of hydrogen-bond donors (Lipinski definition) is 1. The minimum absolute atomic E-state index is 0.0975. The maximum absolute atomic E-state index is 13.1. The van der Waals surface area contributed by atoms with Crippen LogP contribution >= 0.6 is 0 Å². The third kappa shape index (κ3) is 4.80. The van der Waals surface area contributed by atoms with E-state index in [1.165, 1.54) is 23.1 Å². The first-order chi connectivity index (χ1) is 16.2. The van der Waals surface area contributed by atoms with Crippen LogP contribution in [0, 0.1) is 0 Å². The number of rotatable bonds is 6. The molecule has 178 valence electrons. The second-order valence-corrected chi connectivity index (χ2v) is 8.25. The number of halogens is 3. The number of hydrogen-bond acceptors (Lipinski definition) is 4. The van der Waals surface area contributed by atoms with Crippen LogP contribution in [0.5, 0.6) is 0 Å². The van der Waals surface area contributed by atoms with E-state index in [0.717, 1.165) is 10.5 Å². The van der Waals surface area contributed by atoms with Crippen LogP contribution in [0.15, 0.2) is 48.5 Å². The van der Waals surface area contributed by atoms with E-state index >= 15 is 0 Å². The summed E-state index contributed by atoms with van der Waals surface area (Å²) in [5.41, 5.74) is 1.36. The molecule has 34 heavy (non-hydrogen) atoms. The Hall–Kier alpha value is -3.69. The standard InChI is InChI=1S/C24H22F3N3O4/c25-24(26,27)14-28-20(31)19-7-4-11-29(19)21(32)16-8-9-17-18(13-16)23(34)30(22(17)33)12-10-15-5-2-1-3-6-15/h1-3,5-6,8-9,13,19H,4,7,10-12,14H2,(H,28,31). The number of alkyl halides is 3. The smallest absolute Gasteiger partial charge is 0.345 e. The van der Waals surface area contributed by atoms with Crippen molar-refractivity contribution >= 4 is 23.6 Å². The molecule has 0 spiro atoms. The molecule has 0 aromatic heterocycles. The van der Waals surface area contributed by atoms with Gasteiger partial charge >= 0.3 is 6.18 Å². The second kappa shape index (κ2) is 9.28. The highest BCUT2D eigenvalue weighted by molar-refractivity contribution is 6.22. The number of carbonyl (C=O) groups is 4. The fourth-order valence-corrected chi connectivity index (χ4v) is 4.27. The highest BCUT2D eigenvalue weighted by Crippen LogP contribution is 2.27. The van der Waals surface area contributed by atoms with Crippen LogP contribution in [0.3, 0.4) is 0 Å². The average Bonchev–Trinajstić information content (AvgIpc) is 3.39. The largest absolute Gasteiger partial charge is 0.405 e. The van der Waals surface area contributed by atoms with Crippen molar-refractivity contribution < 1.29 is 32.3 Å². The molecule has 1 fully saturated rings. The van der Waals surface area contributed by atoms with Gasteiger partial charge in [0.15, 0.2) is 0 Å². The zero-order valence-electron chi connectivity index (χ0n) is 18.1. The molecule has 4 rings (SSSR count). The van der Waals surface area contributed by atoms with Crippen LogP contribution in [0.4, 0.5) is 13.2 Å². The molecule has 2 aliphatic rings. The molecule has 7 nitrogen and oxygen atoms in total. The molecular weight excluding hydrogens is 451 g/mol. The average molecular weight is 473 g/mol. The molecule has 10 heteroatoms. The summed E-state index contributed by atoms with van der Waals surface area (Å²) in [5.74, 6) is -2.40. The number of benzene rings is 2. The van der Waals surface area contributed by atoms with Gasteiger partial charge in [0, 0.05) is 18.7 Å². The third-order valence-electron chi connectivity index (χ3n) is 5.96.